The lowest BCUT2D eigenvalue weighted by Crippen LogP contribution is -2.46. The maximum absolute atomic E-state index is 10.0. The molecule has 0 amide bonds. The van der Waals surface area contributed by atoms with Gasteiger partial charge in [0.15, 0.2) is 0 Å². The third-order valence-corrected chi connectivity index (χ3v) is 6.51. The van der Waals surface area contributed by atoms with Crippen LogP contribution in [0.25, 0.3) is 0 Å². The third kappa shape index (κ3) is 3.72. The van der Waals surface area contributed by atoms with E-state index in [4.69, 9.17) is 13.3 Å². The molecule has 1 unspecified atom stereocenters. The molecule has 0 spiro atoms. The van der Waals surface area contributed by atoms with Crippen molar-refractivity contribution in [1.82, 2.24) is 5.01 Å². The zero-order valence-corrected chi connectivity index (χ0v) is 14.2. The fourth-order valence-corrected chi connectivity index (χ4v) is 4.11. The fraction of sp³-hybridized carbons (Fsp3) is 0.500. The van der Waals surface area contributed by atoms with Crippen LogP contribution in [0.1, 0.15) is 6.42 Å². The number of hydrogen-bond acceptors (Lipinski definition) is 7. The third-order valence-electron chi connectivity index (χ3n) is 3.68. The van der Waals surface area contributed by atoms with E-state index in [1.165, 1.54) is 0 Å². The lowest BCUT2D eigenvalue weighted by atomic mass is 10.3. The van der Waals surface area contributed by atoms with Crippen LogP contribution in [0.4, 0.5) is 5.69 Å². The molecule has 1 aromatic rings. The smallest absolute Gasteiger partial charge is 0.377 e. The normalized spacial score (nSPS) is 19.1. The quantitative estimate of drug-likeness (QED) is 0.727. The highest BCUT2D eigenvalue weighted by atomic mass is 28.4. The van der Waals surface area contributed by atoms with Crippen LogP contribution in [0.3, 0.4) is 0 Å². The molecule has 1 aliphatic heterocycles. The molecule has 1 N–H and O–H groups in total. The van der Waals surface area contributed by atoms with Gasteiger partial charge in [0.2, 0.25) is 6.35 Å². The number of nitrogens with zero attached hydrogens (tertiary/aromatic N) is 3. The van der Waals surface area contributed by atoms with E-state index in [0.29, 0.717) is 12.6 Å². The number of anilines is 1. The van der Waals surface area contributed by atoms with Gasteiger partial charge in [0.05, 0.1) is 5.69 Å². The van der Waals surface area contributed by atoms with E-state index < -0.39 is 15.2 Å². The Kier molecular flexibility index (Phi) is 6.06. The number of aliphatic imine (C=N–C) groups is 1. The molecular formula is C14H23N3O4Si. The Bertz CT molecular complexity index is 476. The average Bonchev–Trinajstić information content (AvgIpc) is 2.94. The number of benzene rings is 1. The number of aliphatic hydroxyl groups excluding tert-OH is 1. The predicted octanol–water partition coefficient (Wildman–Crippen LogP) is 1.30. The summed E-state index contributed by atoms with van der Waals surface area (Å²) in [7, 11) is 2.22. The zero-order valence-electron chi connectivity index (χ0n) is 13.2. The van der Waals surface area contributed by atoms with E-state index in [-0.39, 0.29) is 0 Å². The van der Waals surface area contributed by atoms with Crippen molar-refractivity contribution >= 4 is 20.8 Å². The maximum atomic E-state index is 10.0. The number of aliphatic hydroxyl groups is 1. The van der Waals surface area contributed by atoms with Crippen molar-refractivity contribution < 1.29 is 18.4 Å². The number of hydrazine groups is 1. The lowest BCUT2D eigenvalue weighted by molar-refractivity contribution is 0.0259. The lowest BCUT2D eigenvalue weighted by Gasteiger charge is -2.30. The summed E-state index contributed by atoms with van der Waals surface area (Å²) in [6.07, 6.45) is 1.52. The van der Waals surface area contributed by atoms with E-state index in [1.54, 1.807) is 32.7 Å². The van der Waals surface area contributed by atoms with Crippen molar-refractivity contribution in [1.29, 1.82) is 0 Å². The topological polar surface area (TPSA) is 66.8 Å². The van der Waals surface area contributed by atoms with Gasteiger partial charge in [-0.25, -0.2) is 4.99 Å². The van der Waals surface area contributed by atoms with Gasteiger partial charge in [0.25, 0.3) is 0 Å². The highest BCUT2D eigenvalue weighted by Crippen LogP contribution is 2.22. The highest BCUT2D eigenvalue weighted by Gasteiger charge is 2.38. The monoisotopic (exact) mass is 325 g/mol. The Hall–Kier alpha value is -1.29. The summed E-state index contributed by atoms with van der Waals surface area (Å²) in [6.45, 7) is 0.612. The first-order valence-corrected chi connectivity index (χ1v) is 9.06. The summed E-state index contributed by atoms with van der Waals surface area (Å²) in [6, 6.07) is 10.5. The number of rotatable bonds is 8. The molecule has 0 saturated heterocycles. The molecule has 1 atom stereocenters. The molecular weight excluding hydrogens is 302 g/mol. The SMILES string of the molecule is CO[Si](CCCN1C(O)N=CN1c1ccccc1)(OC)OC. The van der Waals surface area contributed by atoms with E-state index in [9.17, 15) is 5.11 Å². The minimum Gasteiger partial charge on any atom is -0.377 e. The van der Waals surface area contributed by atoms with Crippen LogP contribution in [0.5, 0.6) is 0 Å². The van der Waals surface area contributed by atoms with Crippen LogP contribution in [0.15, 0.2) is 35.3 Å². The first-order chi connectivity index (χ1) is 10.7. The van der Waals surface area contributed by atoms with Crippen LogP contribution in [0, 0.1) is 0 Å². The molecule has 122 valence electrons. The second-order valence-electron chi connectivity index (χ2n) is 4.85. The van der Waals surface area contributed by atoms with E-state index in [0.717, 1.165) is 12.1 Å². The van der Waals surface area contributed by atoms with Crippen LogP contribution in [-0.4, -0.2) is 59.5 Å². The predicted molar refractivity (Wildman–Crippen MR) is 86.3 cm³/mol. The summed E-state index contributed by atoms with van der Waals surface area (Å²) in [5, 5.41) is 13.7. The summed E-state index contributed by atoms with van der Waals surface area (Å²) in [4.78, 5) is 4.05. The first kappa shape index (κ1) is 17.1. The van der Waals surface area contributed by atoms with Crippen LogP contribution in [-0.2, 0) is 13.3 Å². The van der Waals surface area contributed by atoms with Crippen LogP contribution in [0.2, 0.25) is 6.04 Å². The molecule has 0 bridgehead atoms. The molecule has 2 rings (SSSR count). The van der Waals surface area contributed by atoms with Gasteiger partial charge in [-0.3, -0.25) is 5.01 Å². The van der Waals surface area contributed by atoms with E-state index in [1.807, 2.05) is 35.3 Å². The summed E-state index contributed by atoms with van der Waals surface area (Å²) in [5.74, 6) is 0. The molecule has 0 saturated carbocycles. The molecule has 8 heteroatoms. The van der Waals surface area contributed by atoms with Gasteiger partial charge in [-0.05, 0) is 18.6 Å². The summed E-state index contributed by atoms with van der Waals surface area (Å²) >= 11 is 0. The van der Waals surface area contributed by atoms with Gasteiger partial charge < -0.3 is 18.4 Å². The fourth-order valence-electron chi connectivity index (χ4n) is 2.41. The largest absolute Gasteiger partial charge is 0.500 e. The van der Waals surface area contributed by atoms with Crippen LogP contribution < -0.4 is 5.01 Å². The molecule has 0 fully saturated rings. The van der Waals surface area contributed by atoms with Crippen molar-refractivity contribution in [3.05, 3.63) is 30.3 Å². The average molecular weight is 325 g/mol. The minimum atomic E-state index is -2.58. The summed E-state index contributed by atoms with van der Waals surface area (Å²) in [5.41, 5.74) is 0.955. The van der Waals surface area contributed by atoms with Gasteiger partial charge in [-0.1, -0.05) is 18.2 Å². The Labute approximate surface area is 132 Å². The molecule has 0 radical (unpaired) electrons. The van der Waals surface area contributed by atoms with Crippen molar-refractivity contribution in [3.63, 3.8) is 0 Å². The zero-order chi connectivity index (χ0) is 16.0. The molecule has 7 nitrogen and oxygen atoms in total. The Balaban J connectivity index is 1.96. The van der Waals surface area contributed by atoms with E-state index in [2.05, 4.69) is 4.99 Å². The second-order valence-corrected chi connectivity index (χ2v) is 7.94. The second kappa shape index (κ2) is 7.81. The van der Waals surface area contributed by atoms with Crippen molar-refractivity contribution in [2.75, 3.05) is 32.9 Å². The number of para-hydroxylation sites is 1. The van der Waals surface area contributed by atoms with Gasteiger partial charge in [0.1, 0.15) is 6.34 Å². The summed E-state index contributed by atoms with van der Waals surface area (Å²) < 4.78 is 16.2. The van der Waals surface area contributed by atoms with Crippen molar-refractivity contribution in [2.24, 2.45) is 4.99 Å². The minimum absolute atomic E-state index is 0.612. The van der Waals surface area contributed by atoms with Crippen molar-refractivity contribution in [3.8, 4) is 0 Å². The molecule has 0 aliphatic carbocycles. The Morgan fingerprint density at radius 2 is 1.77 bits per heavy atom. The van der Waals surface area contributed by atoms with Gasteiger partial charge in [-0.2, -0.15) is 5.01 Å². The Morgan fingerprint density at radius 1 is 1.14 bits per heavy atom. The van der Waals surface area contributed by atoms with Crippen LogP contribution >= 0.6 is 0 Å². The first-order valence-electron chi connectivity index (χ1n) is 7.13. The molecule has 1 aliphatic rings. The van der Waals surface area contributed by atoms with E-state index >= 15 is 0 Å². The number of hydrogen-bond donors (Lipinski definition) is 1. The van der Waals surface area contributed by atoms with Gasteiger partial charge >= 0.3 is 8.80 Å². The maximum Gasteiger partial charge on any atom is 0.500 e. The molecule has 22 heavy (non-hydrogen) atoms. The van der Waals surface area contributed by atoms with Gasteiger partial charge in [0, 0.05) is 33.9 Å². The highest BCUT2D eigenvalue weighted by molar-refractivity contribution is 6.60. The molecule has 1 heterocycles. The standard InChI is InChI=1S/C14H23N3O4Si/c1-19-22(20-2,21-3)11-7-10-16-14(18)15-12-17(16)13-8-5-4-6-9-13/h4-6,8-9,12,14,18H,7,10-11H2,1-3H3. The molecule has 1 aromatic carbocycles. The Morgan fingerprint density at radius 3 is 2.36 bits per heavy atom. The van der Waals surface area contributed by atoms with Gasteiger partial charge in [-0.15, -0.1) is 0 Å². The van der Waals surface area contributed by atoms with Crippen molar-refractivity contribution in [2.45, 2.75) is 18.8 Å². The molecule has 0 aromatic heterocycles.